The maximum Gasteiger partial charge on any atom is 0.253 e. The van der Waals surface area contributed by atoms with E-state index in [2.05, 4.69) is 26.6 Å². The molecule has 1 aliphatic heterocycles. The molecule has 1 heterocycles. The Morgan fingerprint density at radius 1 is 1.12 bits per heavy atom. The third kappa shape index (κ3) is 5.85. The Labute approximate surface area is 156 Å². The second-order valence-corrected chi connectivity index (χ2v) is 7.06. The maximum atomic E-state index is 12.5. The van der Waals surface area contributed by atoms with Crippen molar-refractivity contribution < 1.29 is 14.4 Å². The highest BCUT2D eigenvalue weighted by molar-refractivity contribution is 9.10. The fourth-order valence-corrected chi connectivity index (χ4v) is 3.02. The van der Waals surface area contributed by atoms with Gasteiger partial charge in [0.2, 0.25) is 11.8 Å². The summed E-state index contributed by atoms with van der Waals surface area (Å²) in [5, 5.41) is 5.41. The van der Waals surface area contributed by atoms with Crippen molar-refractivity contribution in [2.45, 2.75) is 26.2 Å². The van der Waals surface area contributed by atoms with E-state index in [-0.39, 0.29) is 30.2 Å². The molecule has 0 saturated carbocycles. The number of carbonyl (C=O) groups is 3. The summed E-state index contributed by atoms with van der Waals surface area (Å²) in [5.74, 6) is -0.432. The first-order chi connectivity index (χ1) is 12.0. The minimum atomic E-state index is -0.168. The molecule has 2 N–H and O–H groups in total. The van der Waals surface area contributed by atoms with Crippen molar-refractivity contribution in [1.82, 2.24) is 15.5 Å². The highest BCUT2D eigenvalue weighted by atomic mass is 79.9. The summed E-state index contributed by atoms with van der Waals surface area (Å²) in [7, 11) is 0. The largest absolute Gasteiger partial charge is 0.355 e. The lowest BCUT2D eigenvalue weighted by molar-refractivity contribution is -0.129. The summed E-state index contributed by atoms with van der Waals surface area (Å²) in [6.07, 6.45) is 2.10. The number of hydrogen-bond donors (Lipinski definition) is 2. The number of nitrogens with zero attached hydrogens (tertiary/aromatic N) is 1. The number of hydrogen-bond acceptors (Lipinski definition) is 3. The lowest BCUT2D eigenvalue weighted by Crippen LogP contribution is -2.45. The molecule has 0 spiro atoms. The summed E-state index contributed by atoms with van der Waals surface area (Å²) in [5.41, 5.74) is 0.652. The molecule has 136 valence electrons. The van der Waals surface area contributed by atoms with Crippen LogP contribution in [-0.2, 0) is 9.59 Å². The van der Waals surface area contributed by atoms with Gasteiger partial charge in [0, 0.05) is 35.6 Å². The van der Waals surface area contributed by atoms with Crippen LogP contribution in [0.4, 0.5) is 0 Å². The second kappa shape index (κ2) is 9.56. The first-order valence-corrected chi connectivity index (χ1v) is 9.39. The third-order valence-electron chi connectivity index (χ3n) is 4.24. The van der Waals surface area contributed by atoms with Gasteiger partial charge in [-0.15, -0.1) is 0 Å². The van der Waals surface area contributed by atoms with Gasteiger partial charge in [-0.3, -0.25) is 14.4 Å². The standard InChI is InChI=1S/C18H24BrN3O3/c1-2-9-20-16(23)12-21-17(24)13-7-10-22(11-8-13)18(25)14-3-5-15(19)6-4-14/h3-6,13H,2,7-12H2,1H3,(H,20,23)(H,21,24). The Bertz CT molecular complexity index is 610. The van der Waals surface area contributed by atoms with Crippen LogP contribution in [0.5, 0.6) is 0 Å². The van der Waals surface area contributed by atoms with Crippen molar-refractivity contribution in [2.75, 3.05) is 26.2 Å². The molecule has 0 unspecified atom stereocenters. The van der Waals surface area contributed by atoms with E-state index >= 15 is 0 Å². The molecule has 0 radical (unpaired) electrons. The minimum Gasteiger partial charge on any atom is -0.355 e. The highest BCUT2D eigenvalue weighted by Crippen LogP contribution is 2.20. The molecule has 1 saturated heterocycles. The Kier molecular flexibility index (Phi) is 7.43. The van der Waals surface area contributed by atoms with Gasteiger partial charge < -0.3 is 15.5 Å². The van der Waals surface area contributed by atoms with E-state index in [1.165, 1.54) is 0 Å². The molecular weight excluding hydrogens is 386 g/mol. The molecule has 7 heteroatoms. The summed E-state index contributed by atoms with van der Waals surface area (Å²) in [6, 6.07) is 7.27. The molecule has 1 aromatic carbocycles. The zero-order valence-electron chi connectivity index (χ0n) is 14.4. The second-order valence-electron chi connectivity index (χ2n) is 6.14. The minimum absolute atomic E-state index is 0.00898. The van der Waals surface area contributed by atoms with Gasteiger partial charge in [-0.2, -0.15) is 0 Å². The Morgan fingerprint density at radius 2 is 1.76 bits per heavy atom. The summed E-state index contributed by atoms with van der Waals surface area (Å²) >= 11 is 3.36. The molecule has 2 rings (SSSR count). The van der Waals surface area contributed by atoms with Gasteiger partial charge >= 0.3 is 0 Å². The quantitative estimate of drug-likeness (QED) is 0.753. The third-order valence-corrected chi connectivity index (χ3v) is 4.77. The predicted molar refractivity (Wildman–Crippen MR) is 99.1 cm³/mol. The van der Waals surface area contributed by atoms with Crippen molar-refractivity contribution in [1.29, 1.82) is 0 Å². The summed E-state index contributed by atoms with van der Waals surface area (Å²) in [6.45, 7) is 3.70. The van der Waals surface area contributed by atoms with E-state index in [1.54, 1.807) is 17.0 Å². The lowest BCUT2D eigenvalue weighted by Gasteiger charge is -2.31. The number of likely N-dealkylation sites (tertiary alicyclic amines) is 1. The SMILES string of the molecule is CCCNC(=O)CNC(=O)C1CCN(C(=O)c2ccc(Br)cc2)CC1. The highest BCUT2D eigenvalue weighted by Gasteiger charge is 2.27. The first kappa shape index (κ1) is 19.4. The molecule has 1 aliphatic rings. The van der Waals surface area contributed by atoms with Gasteiger partial charge in [0.05, 0.1) is 6.54 Å². The predicted octanol–water partition coefficient (Wildman–Crippen LogP) is 1.94. The van der Waals surface area contributed by atoms with E-state index in [4.69, 9.17) is 0 Å². The fraction of sp³-hybridized carbons (Fsp3) is 0.500. The molecule has 0 aromatic heterocycles. The number of piperidine rings is 1. The van der Waals surface area contributed by atoms with Crippen LogP contribution in [0.15, 0.2) is 28.7 Å². The van der Waals surface area contributed by atoms with E-state index in [0.29, 0.717) is 38.0 Å². The molecule has 1 fully saturated rings. The number of nitrogens with one attached hydrogen (secondary N) is 2. The van der Waals surface area contributed by atoms with Gasteiger partial charge in [-0.1, -0.05) is 22.9 Å². The van der Waals surface area contributed by atoms with Crippen LogP contribution < -0.4 is 10.6 Å². The van der Waals surface area contributed by atoms with Crippen molar-refractivity contribution >= 4 is 33.7 Å². The number of benzene rings is 1. The van der Waals surface area contributed by atoms with Crippen LogP contribution in [-0.4, -0.2) is 48.8 Å². The van der Waals surface area contributed by atoms with Crippen LogP contribution in [0.25, 0.3) is 0 Å². The zero-order chi connectivity index (χ0) is 18.2. The lowest BCUT2D eigenvalue weighted by atomic mass is 9.95. The van der Waals surface area contributed by atoms with Crippen LogP contribution in [0.1, 0.15) is 36.5 Å². The van der Waals surface area contributed by atoms with Crippen molar-refractivity contribution in [3.63, 3.8) is 0 Å². The first-order valence-electron chi connectivity index (χ1n) is 8.60. The normalized spacial score (nSPS) is 14.9. The molecule has 25 heavy (non-hydrogen) atoms. The number of halogens is 1. The molecule has 0 atom stereocenters. The molecule has 0 aliphatic carbocycles. The van der Waals surface area contributed by atoms with Gasteiger partial charge in [-0.25, -0.2) is 0 Å². The summed E-state index contributed by atoms with van der Waals surface area (Å²) in [4.78, 5) is 37.9. The van der Waals surface area contributed by atoms with E-state index in [1.807, 2.05) is 19.1 Å². The Morgan fingerprint density at radius 3 is 2.36 bits per heavy atom. The number of rotatable bonds is 6. The smallest absolute Gasteiger partial charge is 0.253 e. The number of carbonyl (C=O) groups excluding carboxylic acids is 3. The Balaban J connectivity index is 1.77. The monoisotopic (exact) mass is 409 g/mol. The van der Waals surface area contributed by atoms with E-state index in [0.717, 1.165) is 10.9 Å². The topological polar surface area (TPSA) is 78.5 Å². The van der Waals surface area contributed by atoms with Crippen molar-refractivity contribution in [3.8, 4) is 0 Å². The van der Waals surface area contributed by atoms with Crippen LogP contribution in [0.2, 0.25) is 0 Å². The van der Waals surface area contributed by atoms with Crippen LogP contribution >= 0.6 is 15.9 Å². The van der Waals surface area contributed by atoms with Gasteiger partial charge in [-0.05, 0) is 43.5 Å². The fourth-order valence-electron chi connectivity index (χ4n) is 2.76. The molecule has 6 nitrogen and oxygen atoms in total. The van der Waals surface area contributed by atoms with Crippen molar-refractivity contribution in [3.05, 3.63) is 34.3 Å². The van der Waals surface area contributed by atoms with Crippen LogP contribution in [0.3, 0.4) is 0 Å². The van der Waals surface area contributed by atoms with Gasteiger partial charge in [0.15, 0.2) is 0 Å². The maximum absolute atomic E-state index is 12.5. The zero-order valence-corrected chi connectivity index (χ0v) is 16.0. The van der Waals surface area contributed by atoms with Gasteiger partial charge in [0.25, 0.3) is 5.91 Å². The van der Waals surface area contributed by atoms with Crippen molar-refractivity contribution in [2.24, 2.45) is 5.92 Å². The number of amides is 3. The average molecular weight is 410 g/mol. The van der Waals surface area contributed by atoms with Gasteiger partial charge in [0.1, 0.15) is 0 Å². The molecular formula is C18H24BrN3O3. The Hall–Kier alpha value is -1.89. The molecule has 0 bridgehead atoms. The molecule has 1 aromatic rings. The van der Waals surface area contributed by atoms with E-state index < -0.39 is 0 Å². The summed E-state index contributed by atoms with van der Waals surface area (Å²) < 4.78 is 0.933. The van der Waals surface area contributed by atoms with E-state index in [9.17, 15) is 14.4 Å². The average Bonchev–Trinajstić information content (AvgIpc) is 2.64. The molecule has 3 amide bonds. The van der Waals surface area contributed by atoms with Crippen LogP contribution in [0, 0.1) is 5.92 Å².